The van der Waals surface area contributed by atoms with E-state index in [1.165, 1.54) is 12.1 Å². The molecule has 0 bridgehead atoms. The van der Waals surface area contributed by atoms with Gasteiger partial charge in [0.15, 0.2) is 11.3 Å². The van der Waals surface area contributed by atoms with E-state index >= 15 is 0 Å². The number of pyridine rings is 2. The van der Waals surface area contributed by atoms with Crippen molar-refractivity contribution in [1.29, 1.82) is 5.26 Å². The highest BCUT2D eigenvalue weighted by atomic mass is 35.5. The third-order valence-electron chi connectivity index (χ3n) is 7.38. The van der Waals surface area contributed by atoms with Crippen molar-refractivity contribution in [3.05, 3.63) is 75.9 Å². The molecule has 7 nitrogen and oxygen atoms in total. The molecule has 1 aliphatic heterocycles. The Labute approximate surface area is 238 Å². The zero-order chi connectivity index (χ0) is 29.0. The molecule has 0 atom stereocenters. The van der Waals surface area contributed by atoms with Crippen LogP contribution in [-0.4, -0.2) is 45.9 Å². The van der Waals surface area contributed by atoms with Gasteiger partial charge in [0.2, 0.25) is 0 Å². The monoisotopic (exact) mass is 559 g/mol. The van der Waals surface area contributed by atoms with Gasteiger partial charge in [0.25, 0.3) is 5.91 Å². The van der Waals surface area contributed by atoms with E-state index in [9.17, 15) is 14.4 Å². The number of nitrogens with zero attached hydrogens (tertiary/aromatic N) is 5. The van der Waals surface area contributed by atoms with Gasteiger partial charge in [0.05, 0.1) is 27.5 Å². The van der Waals surface area contributed by atoms with Gasteiger partial charge in [-0.25, -0.2) is 14.4 Å². The van der Waals surface area contributed by atoms with Crippen LogP contribution in [0.25, 0.3) is 22.4 Å². The Morgan fingerprint density at radius 2 is 1.88 bits per heavy atom. The van der Waals surface area contributed by atoms with Gasteiger partial charge in [-0.2, -0.15) is 5.26 Å². The summed E-state index contributed by atoms with van der Waals surface area (Å²) in [6.45, 7) is 13.6. The van der Waals surface area contributed by atoms with Crippen molar-refractivity contribution in [1.82, 2.24) is 14.9 Å². The number of anilines is 1. The summed E-state index contributed by atoms with van der Waals surface area (Å²) < 4.78 is 20.5. The number of aryl methyl sites for hydroxylation is 1. The van der Waals surface area contributed by atoms with E-state index in [1.807, 2.05) is 37.8 Å². The summed E-state index contributed by atoms with van der Waals surface area (Å²) >= 11 is 5.89. The summed E-state index contributed by atoms with van der Waals surface area (Å²) in [4.78, 5) is 27.1. The lowest BCUT2D eigenvalue weighted by atomic mass is 9.86. The minimum atomic E-state index is -0.524. The summed E-state index contributed by atoms with van der Waals surface area (Å²) in [6.07, 6.45) is 0. The lowest BCUT2D eigenvalue weighted by Gasteiger charge is -2.47. The molecule has 1 amide bonds. The van der Waals surface area contributed by atoms with Gasteiger partial charge in [0, 0.05) is 36.8 Å². The Bertz CT molecular complexity index is 1680. The van der Waals surface area contributed by atoms with E-state index in [0.717, 1.165) is 11.4 Å². The minimum Gasteiger partial charge on any atom is -0.449 e. The van der Waals surface area contributed by atoms with Gasteiger partial charge in [-0.15, -0.1) is 0 Å². The molecule has 1 saturated heterocycles. The van der Waals surface area contributed by atoms with Gasteiger partial charge in [0.1, 0.15) is 23.2 Å². The number of halogens is 2. The largest absolute Gasteiger partial charge is 0.449 e. The number of benzene rings is 1. The van der Waals surface area contributed by atoms with Gasteiger partial charge >= 0.3 is 0 Å². The van der Waals surface area contributed by atoms with Crippen LogP contribution in [0.1, 0.15) is 62.0 Å². The van der Waals surface area contributed by atoms with Crippen LogP contribution in [0, 0.1) is 24.1 Å². The third-order valence-corrected chi connectivity index (χ3v) is 7.68. The number of aromatic nitrogens is 2. The number of furan rings is 1. The second kappa shape index (κ2) is 9.90. The average molecular weight is 560 g/mol. The van der Waals surface area contributed by atoms with Crippen LogP contribution in [0.5, 0.6) is 0 Å². The predicted molar refractivity (Wildman–Crippen MR) is 154 cm³/mol. The molecule has 1 aromatic carbocycles. The van der Waals surface area contributed by atoms with E-state index in [0.29, 0.717) is 53.2 Å². The molecule has 1 aliphatic rings. The fourth-order valence-corrected chi connectivity index (χ4v) is 5.31. The second-order valence-electron chi connectivity index (χ2n) is 11.9. The molecule has 9 heteroatoms. The van der Waals surface area contributed by atoms with Crippen molar-refractivity contribution in [3.63, 3.8) is 0 Å². The summed E-state index contributed by atoms with van der Waals surface area (Å²) in [6, 6.07) is 13.9. The van der Waals surface area contributed by atoms with Crippen molar-refractivity contribution in [3.8, 4) is 17.3 Å². The minimum absolute atomic E-state index is 0.0462. The first-order valence-electron chi connectivity index (χ1n) is 13.1. The smallest absolute Gasteiger partial charge is 0.290 e. The first kappa shape index (κ1) is 27.6. The highest BCUT2D eigenvalue weighted by Crippen LogP contribution is 2.36. The number of carbonyl (C=O) groups excluding carboxylic acids is 1. The zero-order valence-electron chi connectivity index (χ0n) is 23.5. The third kappa shape index (κ3) is 5.02. The topological polar surface area (TPSA) is 86.3 Å². The predicted octanol–water partition coefficient (Wildman–Crippen LogP) is 6.90. The molecule has 0 radical (unpaired) electrons. The molecule has 0 saturated carbocycles. The summed E-state index contributed by atoms with van der Waals surface area (Å²) in [7, 11) is 0. The van der Waals surface area contributed by atoms with Crippen LogP contribution in [0.4, 0.5) is 10.2 Å². The first-order chi connectivity index (χ1) is 18.8. The zero-order valence-corrected chi connectivity index (χ0v) is 24.2. The molecule has 1 fully saturated rings. The molecule has 0 N–H and O–H groups in total. The summed E-state index contributed by atoms with van der Waals surface area (Å²) in [5.41, 5.74) is 3.50. The maximum Gasteiger partial charge on any atom is 0.290 e. The Balaban J connectivity index is 1.48. The number of amides is 1. The highest BCUT2D eigenvalue weighted by molar-refractivity contribution is 6.30. The van der Waals surface area contributed by atoms with E-state index in [2.05, 4.69) is 36.7 Å². The van der Waals surface area contributed by atoms with Crippen molar-refractivity contribution in [2.45, 2.75) is 52.5 Å². The van der Waals surface area contributed by atoms with Crippen LogP contribution in [0.15, 0.2) is 46.9 Å². The first-order valence-corrected chi connectivity index (χ1v) is 13.5. The molecular weight excluding hydrogens is 529 g/mol. The van der Waals surface area contributed by atoms with E-state index in [1.54, 1.807) is 18.2 Å². The summed E-state index contributed by atoms with van der Waals surface area (Å²) in [5.74, 6) is 0.256. The molecule has 5 rings (SSSR count). The number of fused-ring (bicyclic) bond motifs is 1. The Morgan fingerprint density at radius 3 is 2.50 bits per heavy atom. The van der Waals surface area contributed by atoms with Crippen LogP contribution in [-0.2, 0) is 5.41 Å². The van der Waals surface area contributed by atoms with Crippen molar-refractivity contribution >= 4 is 34.4 Å². The number of rotatable bonds is 3. The lowest BCUT2D eigenvalue weighted by molar-refractivity contribution is 0.0483. The molecule has 0 spiro atoms. The molecule has 40 heavy (non-hydrogen) atoms. The van der Waals surface area contributed by atoms with Gasteiger partial charge in [-0.05, 0) is 56.5 Å². The molecule has 206 valence electrons. The van der Waals surface area contributed by atoms with E-state index < -0.39 is 11.4 Å². The maximum absolute atomic E-state index is 14.2. The normalized spacial score (nSPS) is 15.4. The SMILES string of the molecule is Cc1nc(N2CCN(C(=O)c3cc4nc(-c5ccc(Cl)c(F)c5)cc(C(C)(C)C)c4o3)C(C)(C)C2)ccc1C#N. The molecular formula is C31H31ClFN5O2. The Hall–Kier alpha value is -3.96. The summed E-state index contributed by atoms with van der Waals surface area (Å²) in [5, 5.41) is 9.28. The highest BCUT2D eigenvalue weighted by Gasteiger charge is 2.39. The quantitative estimate of drug-likeness (QED) is 0.271. The van der Waals surface area contributed by atoms with Crippen LogP contribution >= 0.6 is 11.6 Å². The maximum atomic E-state index is 14.2. The number of carbonyl (C=O) groups is 1. The molecule has 4 heterocycles. The van der Waals surface area contributed by atoms with Crippen molar-refractivity contribution < 1.29 is 13.6 Å². The van der Waals surface area contributed by atoms with Gasteiger partial charge in [-0.1, -0.05) is 38.4 Å². The van der Waals surface area contributed by atoms with Crippen LogP contribution < -0.4 is 4.90 Å². The van der Waals surface area contributed by atoms with Crippen molar-refractivity contribution in [2.75, 3.05) is 24.5 Å². The average Bonchev–Trinajstić information content (AvgIpc) is 3.32. The fourth-order valence-electron chi connectivity index (χ4n) is 5.19. The Kier molecular flexibility index (Phi) is 6.83. The fraction of sp³-hybridized carbons (Fsp3) is 0.355. The lowest BCUT2D eigenvalue weighted by Crippen LogP contribution is -2.61. The van der Waals surface area contributed by atoms with Crippen LogP contribution in [0.2, 0.25) is 5.02 Å². The standard InChI is InChI=1S/C31H31ClFN5O2/c1-18-20(16-34)8-10-27(35-18)37-11-12-38(31(5,6)17-37)29(39)26-15-25-28(40-26)21(30(2,3)4)14-24(36-25)19-7-9-22(32)23(33)13-19/h7-10,13-15H,11-12,17H2,1-6H3. The van der Waals surface area contributed by atoms with Crippen LogP contribution in [0.3, 0.4) is 0 Å². The van der Waals surface area contributed by atoms with E-state index in [4.69, 9.17) is 21.0 Å². The molecule has 0 aliphatic carbocycles. The molecule has 0 unspecified atom stereocenters. The van der Waals surface area contributed by atoms with Gasteiger partial charge in [-0.3, -0.25) is 4.79 Å². The number of hydrogen-bond acceptors (Lipinski definition) is 6. The second-order valence-corrected chi connectivity index (χ2v) is 12.3. The number of piperazine rings is 1. The number of nitriles is 1. The molecule has 3 aromatic heterocycles. The van der Waals surface area contributed by atoms with Gasteiger partial charge < -0.3 is 14.2 Å². The number of hydrogen-bond donors (Lipinski definition) is 0. The van der Waals surface area contributed by atoms with Crippen molar-refractivity contribution in [2.24, 2.45) is 0 Å². The van der Waals surface area contributed by atoms with E-state index in [-0.39, 0.29) is 22.1 Å². The Morgan fingerprint density at radius 1 is 1.12 bits per heavy atom. The molecule has 4 aromatic rings.